The van der Waals surface area contributed by atoms with Gasteiger partial charge in [0.25, 0.3) is 0 Å². The summed E-state index contributed by atoms with van der Waals surface area (Å²) in [6.45, 7) is 4.21. The lowest BCUT2D eigenvalue weighted by Gasteiger charge is -2.14. The van der Waals surface area contributed by atoms with E-state index in [2.05, 4.69) is 22.3 Å². The van der Waals surface area contributed by atoms with E-state index in [-0.39, 0.29) is 6.10 Å². The number of nitrogens with zero attached hydrogens (tertiary/aromatic N) is 2. The number of hydrogen-bond donors (Lipinski definition) is 2. The highest BCUT2D eigenvalue weighted by atomic mass is 35.5. The number of nitrogens with one attached hydrogen (secondary N) is 1. The molecule has 0 aliphatic rings. The van der Waals surface area contributed by atoms with Crippen LogP contribution in [0.25, 0.3) is 0 Å². The Bertz CT molecular complexity index is 362. The van der Waals surface area contributed by atoms with E-state index in [0.29, 0.717) is 16.9 Å². The SMILES string of the molecule is CCCCCCC(C)Oc1nc(NN)ncc1Cl. The average molecular weight is 273 g/mol. The molecule has 5 nitrogen and oxygen atoms in total. The van der Waals surface area contributed by atoms with Gasteiger partial charge in [0.2, 0.25) is 11.8 Å². The van der Waals surface area contributed by atoms with Crippen LogP contribution >= 0.6 is 11.6 Å². The molecule has 0 bridgehead atoms. The Balaban J connectivity index is 2.45. The number of halogens is 1. The molecule has 0 amide bonds. The molecule has 3 N–H and O–H groups in total. The largest absolute Gasteiger partial charge is 0.473 e. The first-order valence-electron chi connectivity index (χ1n) is 6.33. The van der Waals surface area contributed by atoms with Gasteiger partial charge in [0.15, 0.2) is 0 Å². The Morgan fingerprint density at radius 2 is 2.22 bits per heavy atom. The highest BCUT2D eigenvalue weighted by Crippen LogP contribution is 2.23. The molecule has 1 atom stereocenters. The third-order valence-corrected chi connectivity index (χ3v) is 2.88. The van der Waals surface area contributed by atoms with Crippen LogP contribution in [0.1, 0.15) is 46.0 Å². The summed E-state index contributed by atoms with van der Waals surface area (Å²) in [5.74, 6) is 5.92. The second-order valence-corrected chi connectivity index (χ2v) is 4.68. The quantitative estimate of drug-likeness (QED) is 0.432. The second kappa shape index (κ2) is 8.11. The molecule has 6 heteroatoms. The fourth-order valence-electron chi connectivity index (χ4n) is 1.61. The molecule has 0 aliphatic heterocycles. The van der Waals surface area contributed by atoms with Gasteiger partial charge < -0.3 is 4.74 Å². The molecule has 1 heterocycles. The van der Waals surface area contributed by atoms with Crippen molar-refractivity contribution in [2.45, 2.75) is 52.1 Å². The summed E-state index contributed by atoms with van der Waals surface area (Å²) in [5, 5.41) is 0.398. The minimum atomic E-state index is 0.0832. The lowest BCUT2D eigenvalue weighted by atomic mass is 10.1. The van der Waals surface area contributed by atoms with Crippen molar-refractivity contribution in [2.75, 3.05) is 5.43 Å². The molecule has 1 aromatic rings. The summed E-state index contributed by atoms with van der Waals surface area (Å²) in [7, 11) is 0. The van der Waals surface area contributed by atoms with Gasteiger partial charge in [0, 0.05) is 0 Å². The predicted octanol–water partition coefficient (Wildman–Crippen LogP) is 3.15. The number of ether oxygens (including phenoxy) is 1. The van der Waals surface area contributed by atoms with Crippen molar-refractivity contribution in [1.82, 2.24) is 9.97 Å². The normalized spacial score (nSPS) is 12.2. The van der Waals surface area contributed by atoms with E-state index in [9.17, 15) is 0 Å². The van der Waals surface area contributed by atoms with E-state index in [0.717, 1.165) is 12.8 Å². The van der Waals surface area contributed by atoms with Crippen molar-refractivity contribution < 1.29 is 4.74 Å². The Kier molecular flexibility index (Phi) is 6.75. The van der Waals surface area contributed by atoms with E-state index in [4.69, 9.17) is 22.2 Å². The van der Waals surface area contributed by atoms with Crippen LogP contribution in [0.3, 0.4) is 0 Å². The third-order valence-electron chi connectivity index (χ3n) is 2.62. The van der Waals surface area contributed by atoms with Crippen LogP contribution in [0, 0.1) is 0 Å². The van der Waals surface area contributed by atoms with Gasteiger partial charge in [-0.3, -0.25) is 5.43 Å². The highest BCUT2D eigenvalue weighted by Gasteiger charge is 2.10. The van der Waals surface area contributed by atoms with Crippen LogP contribution in [0.2, 0.25) is 5.02 Å². The fourth-order valence-corrected chi connectivity index (χ4v) is 1.75. The van der Waals surface area contributed by atoms with Crippen LogP contribution < -0.4 is 16.0 Å². The van der Waals surface area contributed by atoms with Crippen molar-refractivity contribution >= 4 is 17.5 Å². The third kappa shape index (κ3) is 5.06. The Labute approximate surface area is 113 Å². The molecule has 18 heavy (non-hydrogen) atoms. The van der Waals surface area contributed by atoms with Crippen molar-refractivity contribution in [1.29, 1.82) is 0 Å². The van der Waals surface area contributed by atoms with Crippen molar-refractivity contribution in [2.24, 2.45) is 5.84 Å². The Morgan fingerprint density at radius 1 is 1.44 bits per heavy atom. The average Bonchev–Trinajstić information content (AvgIpc) is 2.37. The van der Waals surface area contributed by atoms with Gasteiger partial charge in [-0.25, -0.2) is 10.8 Å². The molecule has 1 aromatic heterocycles. The summed E-state index contributed by atoms with van der Waals surface area (Å²) in [4.78, 5) is 7.97. The Morgan fingerprint density at radius 3 is 2.89 bits per heavy atom. The number of anilines is 1. The molecular weight excluding hydrogens is 252 g/mol. The number of nitrogens with two attached hydrogens (primary N) is 1. The lowest BCUT2D eigenvalue weighted by Crippen LogP contribution is -2.15. The van der Waals surface area contributed by atoms with Crippen LogP contribution in [-0.2, 0) is 0 Å². The molecule has 102 valence electrons. The van der Waals surface area contributed by atoms with Gasteiger partial charge in [0.1, 0.15) is 5.02 Å². The van der Waals surface area contributed by atoms with E-state index < -0.39 is 0 Å². The number of hydrogen-bond acceptors (Lipinski definition) is 5. The highest BCUT2D eigenvalue weighted by molar-refractivity contribution is 6.31. The summed E-state index contributed by atoms with van der Waals surface area (Å²) >= 11 is 5.96. The standard InChI is InChI=1S/C12H21ClN4O/c1-3-4-5-6-7-9(2)18-11-10(13)8-15-12(16-11)17-14/h8-9H,3-7,14H2,1-2H3,(H,15,16,17). The van der Waals surface area contributed by atoms with Crippen molar-refractivity contribution in [3.8, 4) is 5.88 Å². The van der Waals surface area contributed by atoms with E-state index >= 15 is 0 Å². The van der Waals surface area contributed by atoms with Crippen LogP contribution in [0.15, 0.2) is 6.20 Å². The van der Waals surface area contributed by atoms with Crippen molar-refractivity contribution in [3.05, 3.63) is 11.2 Å². The number of aromatic nitrogens is 2. The van der Waals surface area contributed by atoms with E-state index in [1.807, 2.05) is 6.92 Å². The second-order valence-electron chi connectivity index (χ2n) is 4.27. The Hall–Kier alpha value is -1.07. The monoisotopic (exact) mass is 272 g/mol. The maximum absolute atomic E-state index is 5.96. The van der Waals surface area contributed by atoms with Gasteiger partial charge >= 0.3 is 0 Å². The molecule has 1 unspecified atom stereocenters. The zero-order valence-corrected chi connectivity index (χ0v) is 11.7. The zero-order valence-electron chi connectivity index (χ0n) is 10.9. The zero-order chi connectivity index (χ0) is 13.4. The number of hydrazine groups is 1. The van der Waals surface area contributed by atoms with Crippen molar-refractivity contribution in [3.63, 3.8) is 0 Å². The minimum Gasteiger partial charge on any atom is -0.473 e. The molecule has 0 radical (unpaired) electrons. The van der Waals surface area contributed by atoms with Crippen LogP contribution in [0.4, 0.5) is 5.95 Å². The molecule has 1 rings (SSSR count). The van der Waals surface area contributed by atoms with Gasteiger partial charge in [-0.1, -0.05) is 37.8 Å². The lowest BCUT2D eigenvalue weighted by molar-refractivity contribution is 0.198. The molecular formula is C12H21ClN4O. The summed E-state index contributed by atoms with van der Waals surface area (Å²) in [6, 6.07) is 0. The fraction of sp³-hybridized carbons (Fsp3) is 0.667. The molecule has 0 saturated heterocycles. The number of unbranched alkanes of at least 4 members (excludes halogenated alkanes) is 3. The van der Waals surface area contributed by atoms with Gasteiger partial charge in [0.05, 0.1) is 12.3 Å². The molecule has 0 spiro atoms. The molecule has 0 aromatic carbocycles. The van der Waals surface area contributed by atoms with Gasteiger partial charge in [-0.05, 0) is 19.8 Å². The summed E-state index contributed by atoms with van der Waals surface area (Å²) < 4.78 is 5.69. The maximum atomic E-state index is 5.96. The number of rotatable bonds is 8. The first kappa shape index (κ1) is 15.0. The minimum absolute atomic E-state index is 0.0832. The molecule has 0 saturated carbocycles. The molecule has 0 fully saturated rings. The first-order valence-corrected chi connectivity index (χ1v) is 6.71. The summed E-state index contributed by atoms with van der Waals surface area (Å²) in [5.41, 5.74) is 2.37. The van der Waals surface area contributed by atoms with Gasteiger partial charge in [-0.15, -0.1) is 0 Å². The van der Waals surface area contributed by atoms with Crippen LogP contribution in [0.5, 0.6) is 5.88 Å². The predicted molar refractivity (Wildman–Crippen MR) is 73.7 cm³/mol. The van der Waals surface area contributed by atoms with Gasteiger partial charge in [-0.2, -0.15) is 4.98 Å². The first-order chi connectivity index (χ1) is 8.67. The maximum Gasteiger partial charge on any atom is 0.240 e. The topological polar surface area (TPSA) is 73.1 Å². The number of nitrogen functional groups attached to an aromatic ring is 1. The smallest absolute Gasteiger partial charge is 0.240 e. The molecule has 0 aliphatic carbocycles. The van der Waals surface area contributed by atoms with E-state index in [1.165, 1.54) is 25.5 Å². The van der Waals surface area contributed by atoms with E-state index in [1.54, 1.807) is 0 Å². The van der Waals surface area contributed by atoms with Crippen LogP contribution in [-0.4, -0.2) is 16.1 Å². The summed E-state index contributed by atoms with van der Waals surface area (Å²) in [6.07, 6.45) is 7.44.